The van der Waals surface area contributed by atoms with Gasteiger partial charge in [-0.15, -0.1) is 0 Å². The van der Waals surface area contributed by atoms with Gasteiger partial charge in [0.2, 0.25) is 5.89 Å². The van der Waals surface area contributed by atoms with E-state index in [1.165, 1.54) is 10.9 Å². The number of benzene rings is 2. The normalized spacial score (nSPS) is 10.7. The predicted octanol–water partition coefficient (Wildman–Crippen LogP) is 2.88. The first-order valence-electron chi connectivity index (χ1n) is 8.74. The third kappa shape index (κ3) is 4.12. The number of oxazole rings is 1. The number of para-hydroxylation sites is 2. The van der Waals surface area contributed by atoms with Gasteiger partial charge in [0, 0.05) is 12.0 Å². The molecule has 0 saturated carbocycles. The van der Waals surface area contributed by atoms with Crippen molar-refractivity contribution in [3.63, 3.8) is 0 Å². The van der Waals surface area contributed by atoms with Crippen LogP contribution < -0.4 is 15.2 Å². The van der Waals surface area contributed by atoms with Crippen LogP contribution in [0.2, 0.25) is 0 Å². The summed E-state index contributed by atoms with van der Waals surface area (Å²) in [6.45, 7) is 0.451. The van der Waals surface area contributed by atoms with Gasteiger partial charge in [0.05, 0.1) is 12.3 Å². The Balaban J connectivity index is 1.35. The first-order valence-corrected chi connectivity index (χ1v) is 8.74. The van der Waals surface area contributed by atoms with Crippen LogP contribution in [-0.4, -0.2) is 26.4 Å². The highest BCUT2D eigenvalue weighted by Gasteiger charge is 2.09. The van der Waals surface area contributed by atoms with Gasteiger partial charge in [-0.3, -0.25) is 0 Å². The lowest BCUT2D eigenvalue weighted by Crippen LogP contribution is -2.19. The van der Waals surface area contributed by atoms with E-state index in [1.807, 2.05) is 48.5 Å². The van der Waals surface area contributed by atoms with Crippen molar-refractivity contribution in [2.45, 2.75) is 13.2 Å². The number of H-pyrrole nitrogens is 1. The molecule has 0 aliphatic carbocycles. The second-order valence-corrected chi connectivity index (χ2v) is 5.96. The summed E-state index contributed by atoms with van der Waals surface area (Å²) >= 11 is 0. The summed E-state index contributed by atoms with van der Waals surface area (Å²) in [6, 6.07) is 17.0. The highest BCUT2D eigenvalue weighted by Crippen LogP contribution is 2.27. The Labute approximate surface area is 160 Å². The summed E-state index contributed by atoms with van der Waals surface area (Å²) in [5.74, 6) is 1.72. The Morgan fingerprint density at radius 2 is 1.75 bits per heavy atom. The summed E-state index contributed by atoms with van der Waals surface area (Å²) in [6.07, 6.45) is 3.60. The predicted molar refractivity (Wildman–Crippen MR) is 101 cm³/mol. The molecule has 4 aromatic rings. The fourth-order valence-electron chi connectivity index (χ4n) is 2.59. The number of aromatic nitrogens is 4. The lowest BCUT2D eigenvalue weighted by Gasteiger charge is -2.12. The van der Waals surface area contributed by atoms with E-state index in [0.29, 0.717) is 30.4 Å². The maximum atomic E-state index is 11.5. The van der Waals surface area contributed by atoms with Crippen LogP contribution in [0.4, 0.5) is 0 Å². The van der Waals surface area contributed by atoms with Crippen LogP contribution in [0, 0.1) is 0 Å². The molecule has 28 heavy (non-hydrogen) atoms. The number of hydrogen-bond donors (Lipinski definition) is 1. The fourth-order valence-corrected chi connectivity index (χ4v) is 2.59. The molecule has 2 aromatic carbocycles. The highest BCUT2D eigenvalue weighted by molar-refractivity contribution is 5.52. The number of hydrogen-bond acceptors (Lipinski definition) is 6. The molecule has 0 aliphatic rings. The second kappa shape index (κ2) is 8.26. The molecule has 142 valence electrons. The Kier molecular flexibility index (Phi) is 5.19. The van der Waals surface area contributed by atoms with E-state index in [0.717, 1.165) is 11.3 Å². The first kappa shape index (κ1) is 17.6. The smallest absolute Gasteiger partial charge is 0.345 e. The van der Waals surface area contributed by atoms with Gasteiger partial charge < -0.3 is 13.9 Å². The molecule has 1 N–H and O–H groups in total. The van der Waals surface area contributed by atoms with E-state index in [1.54, 1.807) is 12.3 Å². The van der Waals surface area contributed by atoms with E-state index in [2.05, 4.69) is 15.2 Å². The van der Waals surface area contributed by atoms with Gasteiger partial charge in [0.15, 0.2) is 18.2 Å². The monoisotopic (exact) mass is 378 g/mol. The van der Waals surface area contributed by atoms with Crippen molar-refractivity contribution in [1.82, 2.24) is 19.7 Å². The number of ether oxygens (including phenoxy) is 2. The minimum absolute atomic E-state index is 0.0411. The minimum atomic E-state index is -0.335. The first-order chi connectivity index (χ1) is 13.8. The molecule has 2 heterocycles. The molecule has 8 nitrogen and oxygen atoms in total. The van der Waals surface area contributed by atoms with E-state index in [9.17, 15) is 4.79 Å². The second-order valence-electron chi connectivity index (χ2n) is 5.96. The van der Waals surface area contributed by atoms with Crippen LogP contribution in [0.3, 0.4) is 0 Å². The van der Waals surface area contributed by atoms with Crippen LogP contribution in [0.15, 0.2) is 76.4 Å². The molecule has 8 heteroatoms. The summed E-state index contributed by atoms with van der Waals surface area (Å²) in [7, 11) is 0. The Morgan fingerprint density at radius 3 is 2.50 bits per heavy atom. The fraction of sp³-hybridized carbons (Fsp3) is 0.150. The van der Waals surface area contributed by atoms with Crippen LogP contribution in [0.5, 0.6) is 11.5 Å². The average Bonchev–Trinajstić information content (AvgIpc) is 3.37. The quantitative estimate of drug-likeness (QED) is 0.507. The molecule has 0 atom stereocenters. The summed E-state index contributed by atoms with van der Waals surface area (Å²) < 4.78 is 18.4. The molecule has 0 amide bonds. The van der Waals surface area contributed by atoms with E-state index in [-0.39, 0.29) is 12.4 Å². The molecule has 0 saturated heterocycles. The number of aromatic amines is 1. The lowest BCUT2D eigenvalue weighted by atomic mass is 10.2. The van der Waals surface area contributed by atoms with Crippen molar-refractivity contribution in [1.29, 1.82) is 0 Å². The van der Waals surface area contributed by atoms with Crippen molar-refractivity contribution >= 4 is 0 Å². The molecular formula is C20H18N4O4. The zero-order chi connectivity index (χ0) is 19.2. The van der Waals surface area contributed by atoms with Crippen molar-refractivity contribution < 1.29 is 13.9 Å². The van der Waals surface area contributed by atoms with Gasteiger partial charge in [-0.05, 0) is 24.3 Å². The molecule has 4 rings (SSSR count). The highest BCUT2D eigenvalue weighted by atomic mass is 16.5. The van der Waals surface area contributed by atoms with Crippen LogP contribution in [0.1, 0.15) is 5.69 Å². The number of rotatable bonds is 8. The molecule has 0 spiro atoms. The molecular weight excluding hydrogens is 360 g/mol. The molecule has 0 fully saturated rings. The number of nitrogens with one attached hydrogen (secondary N) is 1. The van der Waals surface area contributed by atoms with E-state index >= 15 is 0 Å². The average molecular weight is 378 g/mol. The van der Waals surface area contributed by atoms with Crippen molar-refractivity contribution in [2.24, 2.45) is 0 Å². The van der Waals surface area contributed by atoms with Gasteiger partial charge in [0.25, 0.3) is 0 Å². The van der Waals surface area contributed by atoms with Crippen LogP contribution in [0.25, 0.3) is 11.5 Å². The van der Waals surface area contributed by atoms with E-state index < -0.39 is 0 Å². The maximum absolute atomic E-state index is 11.5. The van der Waals surface area contributed by atoms with Crippen molar-refractivity contribution in [3.8, 4) is 23.0 Å². The SMILES string of the molecule is O=c1[nH]ncn1COc1ccccc1OCCc1coc(-c2ccccc2)n1. The number of nitrogens with zero attached hydrogens (tertiary/aromatic N) is 3. The molecule has 0 bridgehead atoms. The zero-order valence-electron chi connectivity index (χ0n) is 14.9. The lowest BCUT2D eigenvalue weighted by molar-refractivity contribution is 0.214. The minimum Gasteiger partial charge on any atom is -0.489 e. The Bertz CT molecular complexity index is 1080. The van der Waals surface area contributed by atoms with Crippen molar-refractivity contribution in [3.05, 3.63) is 83.4 Å². The maximum Gasteiger partial charge on any atom is 0.345 e. The molecule has 0 unspecified atom stereocenters. The van der Waals surface area contributed by atoms with E-state index in [4.69, 9.17) is 13.9 Å². The third-order valence-corrected chi connectivity index (χ3v) is 4.01. The largest absolute Gasteiger partial charge is 0.489 e. The molecule has 2 aromatic heterocycles. The van der Waals surface area contributed by atoms with Gasteiger partial charge in [0.1, 0.15) is 12.6 Å². The zero-order valence-corrected chi connectivity index (χ0v) is 14.9. The standard InChI is InChI=1S/C20H18N4O4/c25-20-23-21-13-24(20)14-28-18-9-5-4-8-17(18)26-11-10-16-12-27-19(22-16)15-6-2-1-3-7-15/h1-9,12-13H,10-11,14H2,(H,23,25). The van der Waals surface area contributed by atoms with Crippen molar-refractivity contribution in [2.75, 3.05) is 6.61 Å². The van der Waals surface area contributed by atoms with Gasteiger partial charge in [-0.1, -0.05) is 30.3 Å². The van der Waals surface area contributed by atoms with Gasteiger partial charge in [-0.25, -0.2) is 19.4 Å². The summed E-state index contributed by atoms with van der Waals surface area (Å²) in [5, 5.41) is 5.98. The summed E-state index contributed by atoms with van der Waals surface area (Å²) in [5.41, 5.74) is 1.41. The van der Waals surface area contributed by atoms with Crippen LogP contribution >= 0.6 is 0 Å². The molecule has 0 aliphatic heterocycles. The molecule has 0 radical (unpaired) electrons. The Morgan fingerprint density at radius 1 is 1.00 bits per heavy atom. The Hall–Kier alpha value is -3.81. The van der Waals surface area contributed by atoms with Crippen LogP contribution in [-0.2, 0) is 13.2 Å². The summed E-state index contributed by atoms with van der Waals surface area (Å²) in [4.78, 5) is 16.0. The third-order valence-electron chi connectivity index (χ3n) is 4.01. The van der Waals surface area contributed by atoms with Gasteiger partial charge >= 0.3 is 5.69 Å². The topological polar surface area (TPSA) is 95.2 Å². The van der Waals surface area contributed by atoms with Gasteiger partial charge in [-0.2, -0.15) is 5.10 Å².